The number of carbonyl (C=O) groups is 2. The summed E-state index contributed by atoms with van der Waals surface area (Å²) in [6.45, 7) is 5.72. The molecule has 23 heavy (non-hydrogen) atoms. The molecule has 0 radical (unpaired) electrons. The predicted octanol–water partition coefficient (Wildman–Crippen LogP) is 1.50. The topological polar surface area (TPSA) is 61.9 Å². The average molecular weight is 317 g/mol. The van der Waals surface area contributed by atoms with Crippen LogP contribution in [-0.4, -0.2) is 61.1 Å². The third kappa shape index (κ3) is 3.41. The van der Waals surface area contributed by atoms with Gasteiger partial charge in [-0.1, -0.05) is 6.92 Å². The molecule has 0 unspecified atom stereocenters. The van der Waals surface area contributed by atoms with Gasteiger partial charge in [0.15, 0.2) is 0 Å². The first-order valence-corrected chi connectivity index (χ1v) is 8.27. The van der Waals surface area contributed by atoms with E-state index in [-0.39, 0.29) is 11.9 Å². The van der Waals surface area contributed by atoms with Crippen molar-refractivity contribution in [1.82, 2.24) is 15.1 Å². The molecule has 6 heteroatoms. The van der Waals surface area contributed by atoms with Crippen LogP contribution in [0.2, 0.25) is 0 Å². The molecule has 124 valence electrons. The fourth-order valence-corrected chi connectivity index (χ4v) is 2.96. The number of nitrogens with zero attached hydrogens (tertiary/aromatic N) is 2. The lowest BCUT2D eigenvalue weighted by Crippen LogP contribution is -2.53. The third-order valence-corrected chi connectivity index (χ3v) is 4.32. The largest absolute Gasteiger partial charge is 0.493 e. The maximum Gasteiger partial charge on any atom is 0.317 e. The first kappa shape index (κ1) is 15.6. The van der Waals surface area contributed by atoms with Crippen LogP contribution in [0.1, 0.15) is 29.3 Å². The van der Waals surface area contributed by atoms with Crippen LogP contribution >= 0.6 is 0 Å². The van der Waals surface area contributed by atoms with Gasteiger partial charge >= 0.3 is 6.03 Å². The van der Waals surface area contributed by atoms with Gasteiger partial charge in [-0.05, 0) is 30.2 Å². The second kappa shape index (κ2) is 6.89. The number of amides is 3. The maximum atomic E-state index is 12.6. The highest BCUT2D eigenvalue weighted by Crippen LogP contribution is 2.26. The minimum absolute atomic E-state index is 0.0337. The first-order chi connectivity index (χ1) is 11.2. The third-order valence-electron chi connectivity index (χ3n) is 4.32. The fourth-order valence-electron chi connectivity index (χ4n) is 2.96. The van der Waals surface area contributed by atoms with E-state index in [0.29, 0.717) is 44.9 Å². The zero-order valence-electron chi connectivity index (χ0n) is 13.5. The highest BCUT2D eigenvalue weighted by atomic mass is 16.5. The van der Waals surface area contributed by atoms with E-state index in [2.05, 4.69) is 5.32 Å². The lowest BCUT2D eigenvalue weighted by atomic mass is 10.1. The Labute approximate surface area is 136 Å². The van der Waals surface area contributed by atoms with Gasteiger partial charge in [-0.25, -0.2) is 4.79 Å². The van der Waals surface area contributed by atoms with Crippen LogP contribution in [0.4, 0.5) is 4.79 Å². The number of rotatable bonds is 3. The monoisotopic (exact) mass is 317 g/mol. The molecule has 2 aliphatic rings. The van der Waals surface area contributed by atoms with Gasteiger partial charge in [0.05, 0.1) is 6.61 Å². The van der Waals surface area contributed by atoms with Crippen LogP contribution in [0, 0.1) is 0 Å². The van der Waals surface area contributed by atoms with Crippen molar-refractivity contribution < 1.29 is 14.3 Å². The van der Waals surface area contributed by atoms with Crippen molar-refractivity contribution in [2.75, 3.05) is 39.3 Å². The predicted molar refractivity (Wildman–Crippen MR) is 86.8 cm³/mol. The van der Waals surface area contributed by atoms with Crippen molar-refractivity contribution in [3.8, 4) is 5.75 Å². The molecule has 2 heterocycles. The summed E-state index contributed by atoms with van der Waals surface area (Å²) < 4.78 is 5.48. The number of urea groups is 1. The Bertz CT molecular complexity index is 595. The van der Waals surface area contributed by atoms with Gasteiger partial charge < -0.3 is 19.9 Å². The molecule has 1 fully saturated rings. The molecule has 0 aliphatic carbocycles. The van der Waals surface area contributed by atoms with E-state index in [1.54, 1.807) is 4.90 Å². The molecular formula is C17H23N3O3. The van der Waals surface area contributed by atoms with Crippen LogP contribution in [0.5, 0.6) is 5.75 Å². The van der Waals surface area contributed by atoms with Crippen LogP contribution in [0.3, 0.4) is 0 Å². The lowest BCUT2D eigenvalue weighted by Gasteiger charge is -2.34. The molecule has 0 spiro atoms. The average Bonchev–Trinajstić information content (AvgIpc) is 3.06. The van der Waals surface area contributed by atoms with E-state index < -0.39 is 0 Å². The minimum Gasteiger partial charge on any atom is -0.493 e. The molecule has 0 aromatic heterocycles. The Balaban J connectivity index is 1.57. The van der Waals surface area contributed by atoms with E-state index in [9.17, 15) is 9.59 Å². The lowest BCUT2D eigenvalue weighted by molar-refractivity contribution is 0.0665. The molecule has 0 saturated carbocycles. The zero-order valence-corrected chi connectivity index (χ0v) is 13.5. The Morgan fingerprint density at radius 1 is 1.17 bits per heavy atom. The van der Waals surface area contributed by atoms with Crippen molar-refractivity contribution in [1.29, 1.82) is 0 Å². The molecule has 0 atom stereocenters. The summed E-state index contributed by atoms with van der Waals surface area (Å²) >= 11 is 0. The van der Waals surface area contributed by atoms with Gasteiger partial charge in [-0.3, -0.25) is 4.79 Å². The Morgan fingerprint density at radius 3 is 2.65 bits per heavy atom. The number of nitrogens with one attached hydrogen (secondary N) is 1. The van der Waals surface area contributed by atoms with E-state index in [1.807, 2.05) is 30.0 Å². The molecule has 3 amide bonds. The molecular weight excluding hydrogens is 294 g/mol. The number of fused-ring (bicyclic) bond motifs is 1. The number of benzene rings is 1. The second-order valence-electron chi connectivity index (χ2n) is 5.93. The van der Waals surface area contributed by atoms with E-state index >= 15 is 0 Å². The first-order valence-electron chi connectivity index (χ1n) is 8.27. The molecule has 1 aromatic carbocycles. The van der Waals surface area contributed by atoms with Crippen LogP contribution in [-0.2, 0) is 6.42 Å². The van der Waals surface area contributed by atoms with E-state index in [0.717, 1.165) is 24.2 Å². The molecule has 1 N–H and O–H groups in total. The highest BCUT2D eigenvalue weighted by Gasteiger charge is 2.25. The number of ether oxygens (including phenoxy) is 1. The van der Waals surface area contributed by atoms with Crippen molar-refractivity contribution >= 4 is 11.9 Å². The Kier molecular flexibility index (Phi) is 4.69. The molecule has 1 saturated heterocycles. The molecule has 6 nitrogen and oxygen atoms in total. The molecule has 3 rings (SSSR count). The van der Waals surface area contributed by atoms with E-state index in [1.165, 1.54) is 0 Å². The van der Waals surface area contributed by atoms with Crippen LogP contribution < -0.4 is 10.1 Å². The van der Waals surface area contributed by atoms with Crippen molar-refractivity contribution in [2.45, 2.75) is 19.8 Å². The van der Waals surface area contributed by atoms with Gasteiger partial charge in [-0.15, -0.1) is 0 Å². The Hall–Kier alpha value is -2.24. The van der Waals surface area contributed by atoms with Crippen molar-refractivity contribution in [3.63, 3.8) is 0 Å². The maximum absolute atomic E-state index is 12.6. The van der Waals surface area contributed by atoms with Gasteiger partial charge in [0.25, 0.3) is 5.91 Å². The molecule has 0 bridgehead atoms. The van der Waals surface area contributed by atoms with E-state index in [4.69, 9.17) is 4.74 Å². The van der Waals surface area contributed by atoms with Gasteiger partial charge in [0.2, 0.25) is 0 Å². The highest BCUT2D eigenvalue weighted by molar-refractivity contribution is 5.95. The smallest absolute Gasteiger partial charge is 0.317 e. The quantitative estimate of drug-likeness (QED) is 0.919. The molecule has 2 aliphatic heterocycles. The van der Waals surface area contributed by atoms with Crippen molar-refractivity contribution in [2.24, 2.45) is 0 Å². The standard InChI is InChI=1S/C17H23N3O3/c1-2-6-18-17(22)20-9-7-19(8-10-20)16(21)14-3-4-15-13(12-14)5-11-23-15/h3-4,12H,2,5-11H2,1H3,(H,18,22). The molecule has 1 aromatic rings. The number of carbonyl (C=O) groups excluding carboxylic acids is 2. The second-order valence-corrected chi connectivity index (χ2v) is 5.93. The Morgan fingerprint density at radius 2 is 1.91 bits per heavy atom. The van der Waals surface area contributed by atoms with Gasteiger partial charge in [0.1, 0.15) is 5.75 Å². The number of hydrogen-bond acceptors (Lipinski definition) is 3. The fraction of sp³-hybridized carbons (Fsp3) is 0.529. The number of hydrogen-bond donors (Lipinski definition) is 1. The minimum atomic E-state index is -0.0337. The normalized spacial score (nSPS) is 16.7. The summed E-state index contributed by atoms with van der Waals surface area (Å²) in [5, 5.41) is 2.88. The SMILES string of the molecule is CCCNC(=O)N1CCN(C(=O)c2ccc3c(c2)CCO3)CC1. The summed E-state index contributed by atoms with van der Waals surface area (Å²) in [5.41, 5.74) is 1.81. The zero-order chi connectivity index (χ0) is 16.2. The summed E-state index contributed by atoms with van der Waals surface area (Å²) in [6.07, 6.45) is 1.79. The van der Waals surface area contributed by atoms with Crippen LogP contribution in [0.25, 0.3) is 0 Å². The number of piperazine rings is 1. The summed E-state index contributed by atoms with van der Waals surface area (Å²) in [7, 11) is 0. The van der Waals surface area contributed by atoms with Crippen LogP contribution in [0.15, 0.2) is 18.2 Å². The summed E-state index contributed by atoms with van der Waals surface area (Å²) in [5.74, 6) is 0.923. The summed E-state index contributed by atoms with van der Waals surface area (Å²) in [4.78, 5) is 28.1. The summed E-state index contributed by atoms with van der Waals surface area (Å²) in [6, 6.07) is 5.61. The van der Waals surface area contributed by atoms with Crippen molar-refractivity contribution in [3.05, 3.63) is 29.3 Å². The van der Waals surface area contributed by atoms with Gasteiger partial charge in [0, 0.05) is 44.7 Å². The van der Waals surface area contributed by atoms with Gasteiger partial charge in [-0.2, -0.15) is 0 Å².